The molecule has 0 aliphatic heterocycles. The Hall–Kier alpha value is -1.48. The van der Waals surface area contributed by atoms with E-state index >= 15 is 0 Å². The van der Waals surface area contributed by atoms with Crippen molar-refractivity contribution in [3.05, 3.63) is 23.7 Å². The average Bonchev–Trinajstić information content (AvgIpc) is 2.90. The van der Waals surface area contributed by atoms with Crippen LogP contribution in [0.1, 0.15) is 27.7 Å². The fourth-order valence-corrected chi connectivity index (χ4v) is 2.27. The van der Waals surface area contributed by atoms with E-state index < -0.39 is 18.3 Å². The van der Waals surface area contributed by atoms with Crippen LogP contribution in [0.25, 0.3) is 10.7 Å². The Morgan fingerprint density at radius 2 is 2.00 bits per heavy atom. The van der Waals surface area contributed by atoms with E-state index in [9.17, 15) is 10.1 Å². The minimum absolute atomic E-state index is 0.150. The molecular formula is C14H20BN3O3S. The van der Waals surface area contributed by atoms with Crippen LogP contribution < -0.4 is 11.2 Å². The molecule has 0 radical (unpaired) electrons. The van der Waals surface area contributed by atoms with Crippen LogP contribution >= 0.6 is 11.3 Å². The van der Waals surface area contributed by atoms with Gasteiger partial charge in [-0.3, -0.25) is 0 Å². The summed E-state index contributed by atoms with van der Waals surface area (Å²) in [5.41, 5.74) is 4.06. The molecule has 2 heterocycles. The monoisotopic (exact) mass is 321 g/mol. The average molecular weight is 321 g/mol. The fourth-order valence-electron chi connectivity index (χ4n) is 1.61. The lowest BCUT2D eigenvalue weighted by atomic mass is 9.77. The van der Waals surface area contributed by atoms with Crippen molar-refractivity contribution < 1.29 is 14.8 Å². The molecule has 22 heavy (non-hydrogen) atoms. The standard InChI is InChI=1S/C14H20BN3O3S/c1-13(2,19)14(3,4)21-15(20)9-8-17-12(18-11(9)16)10-6-5-7-22-10/h5-8,19-20H,1-4H3,(H2,16,17,18). The molecule has 0 saturated heterocycles. The van der Waals surface area contributed by atoms with Crippen LogP contribution in [0.3, 0.4) is 0 Å². The largest absolute Gasteiger partial charge is 0.497 e. The Kier molecular flexibility index (Phi) is 4.58. The van der Waals surface area contributed by atoms with Gasteiger partial charge >= 0.3 is 7.12 Å². The van der Waals surface area contributed by atoms with Crippen LogP contribution in [0.15, 0.2) is 23.7 Å². The zero-order valence-corrected chi connectivity index (χ0v) is 13.9. The van der Waals surface area contributed by atoms with Gasteiger partial charge in [-0.15, -0.1) is 11.3 Å². The fraction of sp³-hybridized carbons (Fsp3) is 0.429. The highest BCUT2D eigenvalue weighted by Gasteiger charge is 2.40. The second-order valence-corrected chi connectivity index (χ2v) is 7.00. The molecule has 0 aliphatic rings. The third-order valence-corrected chi connectivity index (χ3v) is 4.60. The third kappa shape index (κ3) is 3.46. The van der Waals surface area contributed by atoms with Crippen LogP contribution in [0.4, 0.5) is 5.82 Å². The lowest BCUT2D eigenvalue weighted by Gasteiger charge is -2.38. The van der Waals surface area contributed by atoms with Gasteiger partial charge in [-0.2, -0.15) is 0 Å². The van der Waals surface area contributed by atoms with Gasteiger partial charge in [0, 0.05) is 11.7 Å². The maximum Gasteiger partial charge on any atom is 0.497 e. The van der Waals surface area contributed by atoms with Crippen molar-refractivity contribution in [2.45, 2.75) is 38.9 Å². The summed E-state index contributed by atoms with van der Waals surface area (Å²) >= 11 is 1.50. The summed E-state index contributed by atoms with van der Waals surface area (Å²) in [6.45, 7) is 6.60. The number of hydrogen-bond acceptors (Lipinski definition) is 7. The van der Waals surface area contributed by atoms with Crippen LogP contribution in [-0.4, -0.2) is 38.4 Å². The molecule has 2 aromatic rings. The zero-order valence-electron chi connectivity index (χ0n) is 13.1. The highest BCUT2D eigenvalue weighted by Crippen LogP contribution is 2.26. The van der Waals surface area contributed by atoms with Crippen molar-refractivity contribution >= 4 is 29.7 Å². The van der Waals surface area contributed by atoms with Gasteiger partial charge in [-0.1, -0.05) is 6.07 Å². The number of aliphatic hydroxyl groups is 1. The molecule has 0 atom stereocenters. The van der Waals surface area contributed by atoms with Gasteiger partial charge in [0.25, 0.3) is 0 Å². The number of hydrogen-bond donors (Lipinski definition) is 3. The summed E-state index contributed by atoms with van der Waals surface area (Å²) in [5, 5.41) is 22.2. The third-order valence-electron chi connectivity index (χ3n) is 3.74. The van der Waals surface area contributed by atoms with Crippen LogP contribution in [0, 0.1) is 0 Å². The molecule has 0 unspecified atom stereocenters. The maximum absolute atomic E-state index is 10.2. The molecule has 2 aromatic heterocycles. The molecule has 0 aromatic carbocycles. The van der Waals surface area contributed by atoms with E-state index in [0.717, 1.165) is 4.88 Å². The number of rotatable bonds is 5. The minimum atomic E-state index is -1.32. The molecular weight excluding hydrogens is 301 g/mol. The Balaban J connectivity index is 2.23. The van der Waals surface area contributed by atoms with E-state index in [1.807, 2.05) is 17.5 Å². The normalized spacial score (nSPS) is 12.5. The number of anilines is 1. The smallest absolute Gasteiger partial charge is 0.423 e. The number of thiophene rings is 1. The van der Waals surface area contributed by atoms with E-state index in [0.29, 0.717) is 5.82 Å². The highest BCUT2D eigenvalue weighted by molar-refractivity contribution is 7.13. The molecule has 0 bridgehead atoms. The Morgan fingerprint density at radius 1 is 1.32 bits per heavy atom. The maximum atomic E-state index is 10.2. The quantitative estimate of drug-likeness (QED) is 0.711. The van der Waals surface area contributed by atoms with Crippen LogP contribution in [0.2, 0.25) is 0 Å². The summed E-state index contributed by atoms with van der Waals surface area (Å²) in [5.74, 6) is 0.655. The van der Waals surface area contributed by atoms with Gasteiger partial charge in [0.15, 0.2) is 5.82 Å². The summed E-state index contributed by atoms with van der Waals surface area (Å²) in [7, 11) is -1.32. The predicted molar refractivity (Wildman–Crippen MR) is 88.8 cm³/mol. The highest BCUT2D eigenvalue weighted by atomic mass is 32.1. The van der Waals surface area contributed by atoms with Gasteiger partial charge < -0.3 is 20.5 Å². The van der Waals surface area contributed by atoms with Gasteiger partial charge in [0.2, 0.25) is 0 Å². The molecule has 0 saturated carbocycles. The first kappa shape index (κ1) is 16.9. The van der Waals surface area contributed by atoms with Crippen molar-refractivity contribution in [2.24, 2.45) is 0 Å². The Morgan fingerprint density at radius 3 is 2.50 bits per heavy atom. The van der Waals surface area contributed by atoms with E-state index in [-0.39, 0.29) is 11.3 Å². The second-order valence-electron chi connectivity index (χ2n) is 6.05. The SMILES string of the molecule is CC(C)(O)C(C)(C)OB(O)c1cnc(-c2cccs2)nc1N. The second kappa shape index (κ2) is 5.96. The zero-order chi connectivity index (χ0) is 16.5. The lowest BCUT2D eigenvalue weighted by Crippen LogP contribution is -2.53. The Labute approximate surface area is 134 Å². The number of nitrogens with two attached hydrogens (primary N) is 1. The van der Waals surface area contributed by atoms with Gasteiger partial charge in [0.1, 0.15) is 5.82 Å². The molecule has 0 fully saturated rings. The van der Waals surface area contributed by atoms with E-state index in [1.165, 1.54) is 17.5 Å². The predicted octanol–water partition coefficient (Wildman–Crippen LogP) is 1.04. The molecule has 6 nitrogen and oxygen atoms in total. The summed E-state index contributed by atoms with van der Waals surface area (Å²) < 4.78 is 5.55. The Bertz CT molecular complexity index is 641. The number of nitrogen functional groups attached to an aromatic ring is 1. The number of aromatic nitrogens is 2. The molecule has 2 rings (SSSR count). The molecule has 0 amide bonds. The van der Waals surface area contributed by atoms with Crippen molar-refractivity contribution in [3.63, 3.8) is 0 Å². The topological polar surface area (TPSA) is 101 Å². The first-order valence-corrected chi connectivity index (χ1v) is 7.74. The molecule has 0 spiro atoms. The first-order chi connectivity index (χ1) is 10.1. The van der Waals surface area contributed by atoms with E-state index in [2.05, 4.69) is 9.97 Å². The molecule has 4 N–H and O–H groups in total. The molecule has 8 heteroatoms. The van der Waals surface area contributed by atoms with Gasteiger partial charge in [0.05, 0.1) is 16.1 Å². The summed E-state index contributed by atoms with van der Waals surface area (Å²) in [6.07, 6.45) is 1.45. The lowest BCUT2D eigenvalue weighted by molar-refractivity contribution is -0.0982. The molecule has 118 valence electrons. The summed E-state index contributed by atoms with van der Waals surface area (Å²) in [4.78, 5) is 9.31. The van der Waals surface area contributed by atoms with Crippen molar-refractivity contribution in [3.8, 4) is 10.7 Å². The van der Waals surface area contributed by atoms with Gasteiger partial charge in [-0.25, -0.2) is 9.97 Å². The first-order valence-electron chi connectivity index (χ1n) is 6.86. The minimum Gasteiger partial charge on any atom is -0.423 e. The number of nitrogens with zero attached hydrogens (tertiary/aromatic N) is 2. The van der Waals surface area contributed by atoms with Crippen molar-refractivity contribution in [2.75, 3.05) is 5.73 Å². The van der Waals surface area contributed by atoms with Crippen molar-refractivity contribution in [1.82, 2.24) is 9.97 Å². The molecule has 0 aliphatic carbocycles. The van der Waals surface area contributed by atoms with Crippen LogP contribution in [-0.2, 0) is 4.65 Å². The van der Waals surface area contributed by atoms with E-state index in [4.69, 9.17) is 10.4 Å². The summed E-state index contributed by atoms with van der Waals surface area (Å²) in [6, 6.07) is 3.79. The van der Waals surface area contributed by atoms with Gasteiger partial charge in [-0.05, 0) is 39.1 Å². The van der Waals surface area contributed by atoms with Crippen molar-refractivity contribution in [1.29, 1.82) is 0 Å². The van der Waals surface area contributed by atoms with E-state index in [1.54, 1.807) is 27.7 Å². The van der Waals surface area contributed by atoms with Crippen LogP contribution in [0.5, 0.6) is 0 Å².